The molecule has 2 N–H and O–H groups in total. The van der Waals surface area contributed by atoms with Gasteiger partial charge in [0, 0.05) is 13.0 Å². The van der Waals surface area contributed by atoms with Crippen LogP contribution in [-0.4, -0.2) is 31.4 Å². The Hall–Kier alpha value is -1.75. The number of cyclic esters (lactones) is 1. The summed E-state index contributed by atoms with van der Waals surface area (Å²) < 4.78 is 10.9. The van der Waals surface area contributed by atoms with Crippen LogP contribution >= 0.6 is 0 Å². The molecule has 1 aliphatic heterocycles. The molecule has 1 unspecified atom stereocenters. The van der Waals surface area contributed by atoms with E-state index in [1.54, 1.807) is 4.90 Å². The first-order valence-corrected chi connectivity index (χ1v) is 6.55. The molecule has 1 aliphatic rings. The summed E-state index contributed by atoms with van der Waals surface area (Å²) in [5, 5.41) is 0. The maximum Gasteiger partial charge on any atom is 0.414 e. The normalized spacial score (nSPS) is 19.5. The van der Waals surface area contributed by atoms with E-state index in [9.17, 15) is 4.79 Å². The molecule has 0 radical (unpaired) electrons. The molecule has 0 bridgehead atoms. The third-order valence-corrected chi connectivity index (χ3v) is 3.00. The van der Waals surface area contributed by atoms with Crippen LogP contribution in [0, 0.1) is 0 Å². The van der Waals surface area contributed by atoms with E-state index in [1.165, 1.54) is 0 Å². The number of hydrogen-bond donors (Lipinski definition) is 1. The maximum absolute atomic E-state index is 12.0. The van der Waals surface area contributed by atoms with Crippen LogP contribution in [0.5, 0.6) is 5.75 Å². The van der Waals surface area contributed by atoms with E-state index in [0.717, 1.165) is 12.1 Å². The minimum Gasteiger partial charge on any atom is -0.489 e. The quantitative estimate of drug-likeness (QED) is 0.905. The summed E-state index contributed by atoms with van der Waals surface area (Å²) in [6.07, 6.45) is 0.415. The molecule has 1 fully saturated rings. The topological polar surface area (TPSA) is 64.8 Å². The summed E-state index contributed by atoms with van der Waals surface area (Å²) in [6.45, 7) is 4.73. The number of para-hydroxylation sites is 2. The number of nitrogens with two attached hydrogens (primary N) is 1. The van der Waals surface area contributed by atoms with Gasteiger partial charge in [0.15, 0.2) is 0 Å². The summed E-state index contributed by atoms with van der Waals surface area (Å²) in [7, 11) is 0. The van der Waals surface area contributed by atoms with Crippen molar-refractivity contribution in [1.29, 1.82) is 0 Å². The Morgan fingerprint density at radius 1 is 1.47 bits per heavy atom. The molecule has 0 saturated carbocycles. The third-order valence-electron chi connectivity index (χ3n) is 3.00. The van der Waals surface area contributed by atoms with Crippen LogP contribution in [0.4, 0.5) is 10.5 Å². The van der Waals surface area contributed by atoms with Gasteiger partial charge in [0.25, 0.3) is 0 Å². The molecular weight excluding hydrogens is 244 g/mol. The largest absolute Gasteiger partial charge is 0.489 e. The van der Waals surface area contributed by atoms with Crippen LogP contribution in [0.3, 0.4) is 0 Å². The molecule has 0 aromatic heterocycles. The van der Waals surface area contributed by atoms with Crippen molar-refractivity contribution < 1.29 is 14.3 Å². The van der Waals surface area contributed by atoms with Gasteiger partial charge in [0.05, 0.1) is 24.4 Å². The fourth-order valence-corrected chi connectivity index (χ4v) is 2.16. The Labute approximate surface area is 113 Å². The molecule has 0 spiro atoms. The summed E-state index contributed by atoms with van der Waals surface area (Å²) in [5.74, 6) is 0.676. The van der Waals surface area contributed by atoms with Gasteiger partial charge >= 0.3 is 6.09 Å². The minimum atomic E-state index is -0.360. The Kier molecular flexibility index (Phi) is 4.27. The lowest BCUT2D eigenvalue weighted by Crippen LogP contribution is -2.49. The second kappa shape index (κ2) is 5.93. The first kappa shape index (κ1) is 13.7. The average Bonchev–Trinajstić information content (AvgIpc) is 2.39. The van der Waals surface area contributed by atoms with Gasteiger partial charge in [0.1, 0.15) is 5.75 Å². The van der Waals surface area contributed by atoms with Crippen molar-refractivity contribution in [3.05, 3.63) is 24.3 Å². The lowest BCUT2D eigenvalue weighted by atomic mass is 10.1. The fourth-order valence-electron chi connectivity index (χ4n) is 2.16. The highest BCUT2D eigenvalue weighted by molar-refractivity contribution is 5.91. The van der Waals surface area contributed by atoms with Gasteiger partial charge in [-0.3, -0.25) is 4.90 Å². The number of hydrogen-bond acceptors (Lipinski definition) is 4. The number of rotatable bonds is 4. The van der Waals surface area contributed by atoms with Crippen LogP contribution in [0.25, 0.3) is 0 Å². The Bertz CT molecular complexity index is 448. The van der Waals surface area contributed by atoms with E-state index in [4.69, 9.17) is 15.2 Å². The van der Waals surface area contributed by atoms with Gasteiger partial charge in [-0.15, -0.1) is 0 Å². The Morgan fingerprint density at radius 3 is 2.89 bits per heavy atom. The maximum atomic E-state index is 12.0. The molecule has 1 atom stereocenters. The molecule has 1 heterocycles. The molecule has 5 nitrogen and oxygen atoms in total. The highest BCUT2D eigenvalue weighted by Gasteiger charge is 2.31. The van der Waals surface area contributed by atoms with Crippen molar-refractivity contribution in [2.24, 2.45) is 5.73 Å². The number of amides is 1. The van der Waals surface area contributed by atoms with E-state index < -0.39 is 0 Å². The molecule has 2 rings (SSSR count). The Balaban J connectivity index is 2.35. The number of ether oxygens (including phenoxy) is 2. The van der Waals surface area contributed by atoms with Crippen LogP contribution in [0.15, 0.2) is 24.3 Å². The standard InChI is InChI=1S/C14H20N2O3/c1-10(2)19-13-6-4-3-5-12(13)16-11(9-15)7-8-18-14(16)17/h3-6,10-11H,7-9,15H2,1-2H3. The summed E-state index contributed by atoms with van der Waals surface area (Å²) in [5.41, 5.74) is 6.47. The van der Waals surface area contributed by atoms with E-state index in [-0.39, 0.29) is 18.2 Å². The van der Waals surface area contributed by atoms with E-state index in [2.05, 4.69) is 0 Å². The molecule has 104 valence electrons. The molecule has 19 heavy (non-hydrogen) atoms. The van der Waals surface area contributed by atoms with Gasteiger partial charge in [0.2, 0.25) is 0 Å². The zero-order valence-corrected chi connectivity index (χ0v) is 11.3. The first-order chi connectivity index (χ1) is 9.13. The second-order valence-electron chi connectivity index (χ2n) is 4.80. The number of benzene rings is 1. The summed E-state index contributed by atoms with van der Waals surface area (Å²) in [4.78, 5) is 13.6. The third kappa shape index (κ3) is 2.98. The van der Waals surface area contributed by atoms with E-state index in [0.29, 0.717) is 18.9 Å². The number of nitrogens with zero attached hydrogens (tertiary/aromatic N) is 1. The zero-order chi connectivity index (χ0) is 13.8. The van der Waals surface area contributed by atoms with Crippen LogP contribution in [0.1, 0.15) is 20.3 Å². The first-order valence-electron chi connectivity index (χ1n) is 6.55. The van der Waals surface area contributed by atoms with Crippen molar-refractivity contribution in [1.82, 2.24) is 0 Å². The lowest BCUT2D eigenvalue weighted by Gasteiger charge is -2.35. The molecule has 0 aliphatic carbocycles. The highest BCUT2D eigenvalue weighted by Crippen LogP contribution is 2.32. The van der Waals surface area contributed by atoms with Gasteiger partial charge in [-0.05, 0) is 26.0 Å². The molecular formula is C14H20N2O3. The SMILES string of the molecule is CC(C)Oc1ccccc1N1C(=O)OCCC1CN. The van der Waals surface area contributed by atoms with Crippen LogP contribution in [0.2, 0.25) is 0 Å². The molecule has 1 aromatic carbocycles. The molecule has 5 heteroatoms. The van der Waals surface area contributed by atoms with Crippen LogP contribution < -0.4 is 15.4 Å². The van der Waals surface area contributed by atoms with Crippen molar-refractivity contribution in [2.75, 3.05) is 18.1 Å². The van der Waals surface area contributed by atoms with Crippen molar-refractivity contribution in [2.45, 2.75) is 32.4 Å². The number of carbonyl (C=O) groups is 1. The summed E-state index contributed by atoms with van der Waals surface area (Å²) in [6, 6.07) is 7.42. The zero-order valence-electron chi connectivity index (χ0n) is 11.3. The number of anilines is 1. The fraction of sp³-hybridized carbons (Fsp3) is 0.500. The predicted octanol–water partition coefficient (Wildman–Crippen LogP) is 2.15. The highest BCUT2D eigenvalue weighted by atomic mass is 16.6. The van der Waals surface area contributed by atoms with Gasteiger partial charge in [-0.1, -0.05) is 12.1 Å². The molecule has 1 saturated heterocycles. The second-order valence-corrected chi connectivity index (χ2v) is 4.80. The van der Waals surface area contributed by atoms with E-state index >= 15 is 0 Å². The predicted molar refractivity (Wildman–Crippen MR) is 73.5 cm³/mol. The minimum absolute atomic E-state index is 0.0401. The van der Waals surface area contributed by atoms with Crippen LogP contribution in [-0.2, 0) is 4.74 Å². The monoisotopic (exact) mass is 264 g/mol. The van der Waals surface area contributed by atoms with Gasteiger partial charge in [-0.25, -0.2) is 4.79 Å². The smallest absolute Gasteiger partial charge is 0.414 e. The van der Waals surface area contributed by atoms with Gasteiger partial charge in [-0.2, -0.15) is 0 Å². The molecule has 1 aromatic rings. The lowest BCUT2D eigenvalue weighted by molar-refractivity contribution is 0.129. The summed E-state index contributed by atoms with van der Waals surface area (Å²) >= 11 is 0. The van der Waals surface area contributed by atoms with Crippen molar-refractivity contribution >= 4 is 11.8 Å². The van der Waals surface area contributed by atoms with Gasteiger partial charge < -0.3 is 15.2 Å². The van der Waals surface area contributed by atoms with E-state index in [1.807, 2.05) is 38.1 Å². The van der Waals surface area contributed by atoms with Crippen molar-refractivity contribution in [3.8, 4) is 5.75 Å². The Morgan fingerprint density at radius 2 is 2.21 bits per heavy atom. The average molecular weight is 264 g/mol. The number of carbonyl (C=O) groups excluding carboxylic acids is 1. The van der Waals surface area contributed by atoms with Crippen molar-refractivity contribution in [3.63, 3.8) is 0 Å². The molecule has 1 amide bonds.